The molecule has 0 atom stereocenters. The molecule has 2 aromatic heterocycles. The van der Waals surface area contributed by atoms with Gasteiger partial charge in [-0.25, -0.2) is 9.48 Å². The van der Waals surface area contributed by atoms with Gasteiger partial charge in [-0.3, -0.25) is 4.98 Å². The fraction of sp³-hybridized carbons (Fsp3) is 0.0625. The van der Waals surface area contributed by atoms with Crippen molar-refractivity contribution in [3.63, 3.8) is 0 Å². The Kier molecular flexibility index (Phi) is 4.12. The highest BCUT2D eigenvalue weighted by molar-refractivity contribution is 9.10. The zero-order valence-corrected chi connectivity index (χ0v) is 13.8. The van der Waals surface area contributed by atoms with Gasteiger partial charge in [0.25, 0.3) is 0 Å². The van der Waals surface area contributed by atoms with Gasteiger partial charge in [0.15, 0.2) is 0 Å². The molecule has 7 heteroatoms. The Bertz CT molecular complexity index is 876. The van der Waals surface area contributed by atoms with Crippen molar-refractivity contribution >= 4 is 33.3 Å². The van der Waals surface area contributed by atoms with Gasteiger partial charge in [0, 0.05) is 10.7 Å². The van der Waals surface area contributed by atoms with Crippen LogP contribution in [0.2, 0.25) is 0 Å². The second-order valence-electron chi connectivity index (χ2n) is 4.90. The summed E-state index contributed by atoms with van der Waals surface area (Å²) in [6.07, 6.45) is 4.75. The molecule has 0 fully saturated rings. The average Bonchev–Trinajstić information content (AvgIpc) is 2.89. The van der Waals surface area contributed by atoms with E-state index >= 15 is 0 Å². The number of aryl methyl sites for hydroxylation is 1. The molecule has 0 aliphatic heterocycles. The van der Waals surface area contributed by atoms with Crippen LogP contribution >= 0.6 is 15.9 Å². The summed E-state index contributed by atoms with van der Waals surface area (Å²) in [4.78, 5) is 15.2. The molecule has 116 valence electrons. The van der Waals surface area contributed by atoms with Crippen LogP contribution in [0.25, 0.3) is 5.69 Å². The number of hydrogen-bond donors (Lipinski definition) is 2. The minimum atomic E-state index is -1.01. The van der Waals surface area contributed by atoms with Crippen molar-refractivity contribution in [2.75, 3.05) is 5.32 Å². The molecule has 3 aromatic rings. The van der Waals surface area contributed by atoms with Gasteiger partial charge in [-0.1, -0.05) is 22.0 Å². The van der Waals surface area contributed by atoms with Crippen LogP contribution in [0.3, 0.4) is 0 Å². The number of halogens is 1. The van der Waals surface area contributed by atoms with E-state index in [1.807, 2.05) is 37.4 Å². The molecule has 0 spiro atoms. The summed E-state index contributed by atoms with van der Waals surface area (Å²) in [6.45, 7) is 1.85. The van der Waals surface area contributed by atoms with Gasteiger partial charge in [-0.2, -0.15) is 5.10 Å². The Hall–Kier alpha value is -2.67. The number of rotatable bonds is 4. The third-order valence-electron chi connectivity index (χ3n) is 3.29. The zero-order valence-electron chi connectivity index (χ0n) is 12.2. The van der Waals surface area contributed by atoms with Gasteiger partial charge in [0.1, 0.15) is 0 Å². The van der Waals surface area contributed by atoms with E-state index in [1.165, 1.54) is 18.5 Å². The molecule has 0 saturated heterocycles. The predicted molar refractivity (Wildman–Crippen MR) is 90.5 cm³/mol. The number of nitrogens with zero attached hydrogens (tertiary/aromatic N) is 3. The highest BCUT2D eigenvalue weighted by Crippen LogP contribution is 2.24. The number of aromatic nitrogens is 3. The Labute approximate surface area is 140 Å². The number of aromatic carboxylic acids is 1. The lowest BCUT2D eigenvalue weighted by Gasteiger charge is -2.07. The monoisotopic (exact) mass is 372 g/mol. The van der Waals surface area contributed by atoms with Crippen LogP contribution in [0.15, 0.2) is 53.4 Å². The minimum absolute atomic E-state index is 0.162. The highest BCUT2D eigenvalue weighted by Gasteiger charge is 2.13. The third-order valence-corrected chi connectivity index (χ3v) is 3.79. The largest absolute Gasteiger partial charge is 0.478 e. The minimum Gasteiger partial charge on any atom is -0.478 e. The Morgan fingerprint density at radius 3 is 2.87 bits per heavy atom. The van der Waals surface area contributed by atoms with E-state index in [4.69, 9.17) is 0 Å². The van der Waals surface area contributed by atoms with E-state index in [1.54, 1.807) is 4.68 Å². The lowest BCUT2D eigenvalue weighted by Crippen LogP contribution is -2.03. The van der Waals surface area contributed by atoms with Gasteiger partial charge in [0.2, 0.25) is 0 Å². The molecule has 6 nitrogen and oxygen atoms in total. The number of carboxylic acids is 1. The summed E-state index contributed by atoms with van der Waals surface area (Å²) >= 11 is 3.43. The van der Waals surface area contributed by atoms with Gasteiger partial charge in [-0.15, -0.1) is 0 Å². The molecule has 0 unspecified atom stereocenters. The predicted octanol–water partition coefficient (Wildman–Crippen LogP) is 3.78. The Balaban J connectivity index is 1.95. The fourth-order valence-corrected chi connectivity index (χ4v) is 2.55. The van der Waals surface area contributed by atoms with Gasteiger partial charge < -0.3 is 10.4 Å². The third kappa shape index (κ3) is 3.24. The lowest BCUT2D eigenvalue weighted by molar-refractivity contribution is 0.0698. The van der Waals surface area contributed by atoms with Crippen molar-refractivity contribution in [2.45, 2.75) is 6.92 Å². The topological polar surface area (TPSA) is 80.0 Å². The first-order valence-corrected chi connectivity index (χ1v) is 7.60. The number of hydrogen-bond acceptors (Lipinski definition) is 4. The van der Waals surface area contributed by atoms with Gasteiger partial charge in [-0.05, 0) is 31.2 Å². The SMILES string of the molecule is Cc1nn(-c2cccc(Br)c2)cc1Nc1cnccc1C(=O)O. The number of nitrogens with one attached hydrogen (secondary N) is 1. The molecule has 0 aliphatic carbocycles. The van der Waals surface area contributed by atoms with Gasteiger partial charge in [0.05, 0.1) is 40.7 Å². The molecule has 0 bridgehead atoms. The molecule has 0 radical (unpaired) electrons. The van der Waals surface area contributed by atoms with Crippen LogP contribution in [0.5, 0.6) is 0 Å². The normalized spacial score (nSPS) is 10.5. The summed E-state index contributed by atoms with van der Waals surface area (Å²) in [5.41, 5.74) is 2.97. The second-order valence-corrected chi connectivity index (χ2v) is 5.82. The summed E-state index contributed by atoms with van der Waals surface area (Å²) in [7, 11) is 0. The average molecular weight is 373 g/mol. The van der Waals surface area contributed by atoms with Crippen molar-refractivity contribution in [2.24, 2.45) is 0 Å². The Morgan fingerprint density at radius 2 is 2.13 bits per heavy atom. The van der Waals surface area contributed by atoms with Crippen LogP contribution in [0.4, 0.5) is 11.4 Å². The van der Waals surface area contributed by atoms with Crippen LogP contribution in [-0.2, 0) is 0 Å². The summed E-state index contributed by atoms with van der Waals surface area (Å²) in [6, 6.07) is 9.20. The van der Waals surface area contributed by atoms with Crippen molar-refractivity contribution in [3.8, 4) is 5.69 Å². The number of pyridine rings is 1. The second kappa shape index (κ2) is 6.21. The van der Waals surface area contributed by atoms with Crippen LogP contribution in [0, 0.1) is 6.92 Å². The molecular weight excluding hydrogens is 360 g/mol. The molecular formula is C16H13BrN4O2. The van der Waals surface area contributed by atoms with Crippen molar-refractivity contribution in [1.29, 1.82) is 0 Å². The highest BCUT2D eigenvalue weighted by atomic mass is 79.9. The number of carboxylic acid groups (broad SMARTS) is 1. The van der Waals surface area contributed by atoms with E-state index in [9.17, 15) is 9.90 Å². The molecule has 2 N–H and O–H groups in total. The zero-order chi connectivity index (χ0) is 16.4. The van der Waals surface area contributed by atoms with Gasteiger partial charge >= 0.3 is 5.97 Å². The van der Waals surface area contributed by atoms with Crippen LogP contribution < -0.4 is 5.32 Å². The smallest absolute Gasteiger partial charge is 0.337 e. The van der Waals surface area contributed by atoms with E-state index in [2.05, 4.69) is 31.3 Å². The first-order chi connectivity index (χ1) is 11.0. The number of carbonyl (C=O) groups is 1. The first-order valence-electron chi connectivity index (χ1n) is 6.81. The molecule has 2 heterocycles. The van der Waals surface area contributed by atoms with Crippen molar-refractivity contribution in [1.82, 2.24) is 14.8 Å². The summed E-state index contributed by atoms with van der Waals surface area (Å²) < 4.78 is 2.69. The molecule has 1 aromatic carbocycles. The fourth-order valence-electron chi connectivity index (χ4n) is 2.16. The van der Waals surface area contributed by atoms with Crippen molar-refractivity contribution < 1.29 is 9.90 Å². The molecule has 0 aliphatic rings. The van der Waals surface area contributed by atoms with Crippen molar-refractivity contribution in [3.05, 3.63) is 64.7 Å². The molecule has 0 saturated carbocycles. The summed E-state index contributed by atoms with van der Waals surface area (Å²) in [5, 5.41) is 16.8. The van der Waals surface area contributed by atoms with E-state index in [0.29, 0.717) is 5.69 Å². The summed E-state index contributed by atoms with van der Waals surface area (Å²) in [5.74, 6) is -1.01. The van der Waals surface area contributed by atoms with E-state index < -0.39 is 5.97 Å². The molecule has 0 amide bonds. The number of benzene rings is 1. The van der Waals surface area contributed by atoms with Crippen LogP contribution in [0.1, 0.15) is 16.1 Å². The van der Waals surface area contributed by atoms with E-state index in [0.717, 1.165) is 21.5 Å². The first kappa shape index (κ1) is 15.2. The maximum atomic E-state index is 11.3. The quantitative estimate of drug-likeness (QED) is 0.728. The standard InChI is InChI=1S/C16H13BrN4O2/c1-10-15(19-14-8-18-6-5-13(14)16(22)23)9-21(20-10)12-4-2-3-11(17)7-12/h2-9,19H,1H3,(H,22,23). The molecule has 3 rings (SSSR count). The Morgan fingerprint density at radius 1 is 1.30 bits per heavy atom. The maximum absolute atomic E-state index is 11.3. The number of anilines is 2. The van der Waals surface area contributed by atoms with E-state index in [-0.39, 0.29) is 5.56 Å². The maximum Gasteiger partial charge on any atom is 0.337 e. The van der Waals surface area contributed by atoms with Crippen LogP contribution in [-0.4, -0.2) is 25.8 Å². The molecule has 23 heavy (non-hydrogen) atoms. The lowest BCUT2D eigenvalue weighted by atomic mass is 10.2.